The van der Waals surface area contributed by atoms with Crippen molar-refractivity contribution in [3.8, 4) is 34.5 Å². The fraction of sp³-hybridized carbons (Fsp3) is 0.339. The third kappa shape index (κ3) is 9.23. The fourth-order valence-electron chi connectivity index (χ4n) is 12.6. The van der Waals surface area contributed by atoms with Gasteiger partial charge in [0.05, 0.1) is 13.5 Å². The van der Waals surface area contributed by atoms with Crippen molar-refractivity contribution < 1.29 is 38.1 Å². The average molecular weight is 895 g/mol. The van der Waals surface area contributed by atoms with Crippen LogP contribution in [0.15, 0.2) is 146 Å². The van der Waals surface area contributed by atoms with Gasteiger partial charge in [0.25, 0.3) is 0 Å². The second-order valence-corrected chi connectivity index (χ2v) is 19.5. The number of methoxy groups -OCH3 is 1. The quantitative estimate of drug-likeness (QED) is 0.0606. The molecule has 11 rings (SSSR count). The zero-order valence-electron chi connectivity index (χ0n) is 38.4. The molecule has 0 amide bonds. The number of carbonyl (C=O) groups excluding carboxylic acids is 3. The molecule has 6 aromatic rings. The van der Waals surface area contributed by atoms with Crippen LogP contribution in [0.25, 0.3) is 0 Å². The lowest BCUT2D eigenvalue weighted by molar-refractivity contribution is -0.133. The first-order valence-corrected chi connectivity index (χ1v) is 24.1. The first-order valence-electron chi connectivity index (χ1n) is 24.1. The van der Waals surface area contributed by atoms with Crippen LogP contribution in [0.4, 0.5) is 4.79 Å². The molecule has 0 aliphatic heterocycles. The van der Waals surface area contributed by atoms with Gasteiger partial charge in [-0.1, -0.05) is 92.1 Å². The largest absolute Gasteiger partial charge is 0.519 e. The molecule has 342 valence electrons. The number of Topliss-reactive ketones (excluding diaryl/α,β-unsaturated/α-hetero) is 1. The van der Waals surface area contributed by atoms with Crippen LogP contribution in [0.3, 0.4) is 0 Å². The molecule has 67 heavy (non-hydrogen) atoms. The highest BCUT2D eigenvalue weighted by Crippen LogP contribution is 2.65. The molecule has 0 aromatic heterocycles. The monoisotopic (exact) mass is 894 g/mol. The molecule has 8 heteroatoms. The normalized spacial score (nSPS) is 22.4. The highest BCUT2D eigenvalue weighted by atomic mass is 16.7. The Bertz CT molecular complexity index is 2650. The van der Waals surface area contributed by atoms with Crippen LogP contribution in [-0.4, -0.2) is 25.0 Å². The van der Waals surface area contributed by atoms with Crippen molar-refractivity contribution in [3.63, 3.8) is 0 Å². The molecule has 0 radical (unpaired) electrons. The highest BCUT2D eigenvalue weighted by molar-refractivity contribution is 5.78. The van der Waals surface area contributed by atoms with Gasteiger partial charge in [0, 0.05) is 17.3 Å². The van der Waals surface area contributed by atoms with Crippen LogP contribution in [0.5, 0.6) is 34.5 Å². The van der Waals surface area contributed by atoms with Gasteiger partial charge >= 0.3 is 12.1 Å². The van der Waals surface area contributed by atoms with Gasteiger partial charge in [-0.05, 0) is 182 Å². The lowest BCUT2D eigenvalue weighted by atomic mass is 9.42. The van der Waals surface area contributed by atoms with Crippen molar-refractivity contribution in [1.29, 1.82) is 0 Å². The van der Waals surface area contributed by atoms with Gasteiger partial charge in [-0.3, -0.25) is 9.59 Å². The molecule has 5 saturated carbocycles. The predicted octanol–water partition coefficient (Wildman–Crippen LogP) is 13.3. The van der Waals surface area contributed by atoms with Gasteiger partial charge in [0.2, 0.25) is 0 Å². The van der Waals surface area contributed by atoms with Crippen molar-refractivity contribution >= 4 is 17.9 Å². The molecule has 0 heterocycles. The van der Waals surface area contributed by atoms with E-state index in [0.717, 1.165) is 65.5 Å². The minimum atomic E-state index is -0.770. The molecule has 5 fully saturated rings. The van der Waals surface area contributed by atoms with Gasteiger partial charge in [-0.15, -0.1) is 0 Å². The first-order chi connectivity index (χ1) is 32.6. The Balaban J connectivity index is 0.760. The van der Waals surface area contributed by atoms with Crippen molar-refractivity contribution in [2.24, 2.45) is 23.7 Å². The van der Waals surface area contributed by atoms with E-state index in [9.17, 15) is 14.4 Å². The minimum Gasteiger partial charge on any atom is -0.497 e. The third-order valence-corrected chi connectivity index (χ3v) is 15.4. The number of rotatable bonds is 14. The lowest BCUT2D eigenvalue weighted by Gasteiger charge is -2.62. The summed E-state index contributed by atoms with van der Waals surface area (Å²) < 4.78 is 28.8. The van der Waals surface area contributed by atoms with Crippen LogP contribution in [0.1, 0.15) is 105 Å². The topological polar surface area (TPSA) is 97.4 Å². The molecular weight excluding hydrogens is 837 g/mol. The second-order valence-electron chi connectivity index (χ2n) is 19.5. The van der Waals surface area contributed by atoms with Crippen molar-refractivity contribution in [2.45, 2.75) is 94.8 Å². The minimum absolute atomic E-state index is 0.0632. The molecule has 0 atom stereocenters. The molecule has 6 aromatic carbocycles. The maximum Gasteiger partial charge on any atom is 0.519 e. The van der Waals surface area contributed by atoms with Crippen LogP contribution in [0, 0.1) is 23.7 Å². The Morgan fingerprint density at radius 3 is 1.31 bits per heavy atom. The number of benzene rings is 6. The van der Waals surface area contributed by atoms with Gasteiger partial charge in [-0.25, -0.2) is 4.79 Å². The van der Waals surface area contributed by atoms with E-state index >= 15 is 0 Å². The van der Waals surface area contributed by atoms with Gasteiger partial charge < -0.3 is 23.7 Å². The zero-order valence-corrected chi connectivity index (χ0v) is 38.4. The molecule has 8 nitrogen and oxygen atoms in total. The molecule has 5 aliphatic rings. The number of carbonyl (C=O) groups is 3. The Labute approximate surface area is 393 Å². The Morgan fingerprint density at radius 2 is 0.866 bits per heavy atom. The number of hydrogen-bond donors (Lipinski definition) is 0. The smallest absolute Gasteiger partial charge is 0.497 e. The van der Waals surface area contributed by atoms with Crippen LogP contribution in [-0.2, 0) is 33.3 Å². The lowest BCUT2D eigenvalue weighted by Crippen LogP contribution is -2.56. The summed E-state index contributed by atoms with van der Waals surface area (Å²) in [6.45, 7) is 1.58. The van der Waals surface area contributed by atoms with E-state index in [-0.39, 0.29) is 29.0 Å². The number of hydrogen-bond acceptors (Lipinski definition) is 8. The fourth-order valence-corrected chi connectivity index (χ4v) is 12.6. The van der Waals surface area contributed by atoms with Gasteiger partial charge in [0.15, 0.2) is 0 Å². The average Bonchev–Trinajstić information content (AvgIpc) is 3.34. The van der Waals surface area contributed by atoms with Gasteiger partial charge in [-0.2, -0.15) is 0 Å². The van der Waals surface area contributed by atoms with E-state index in [0.29, 0.717) is 47.0 Å². The predicted molar refractivity (Wildman–Crippen MR) is 257 cm³/mol. The summed E-state index contributed by atoms with van der Waals surface area (Å²) in [5.41, 5.74) is 6.45. The summed E-state index contributed by atoms with van der Waals surface area (Å²) in [4.78, 5) is 37.6. The van der Waals surface area contributed by atoms with E-state index in [1.807, 2.05) is 84.9 Å². The van der Waals surface area contributed by atoms with Crippen molar-refractivity contribution in [1.82, 2.24) is 0 Å². The Kier molecular flexibility index (Phi) is 12.5. The van der Waals surface area contributed by atoms with Crippen LogP contribution in [0.2, 0.25) is 0 Å². The Hall–Kier alpha value is -6.67. The third-order valence-electron chi connectivity index (χ3n) is 15.4. The molecule has 0 unspecified atom stereocenters. The Morgan fingerprint density at radius 1 is 0.463 bits per heavy atom. The number of ether oxygens (including phenoxy) is 5. The summed E-state index contributed by atoms with van der Waals surface area (Å²) in [6.07, 6.45) is 11.6. The standard InChI is InChI=1S/C59H58O8/c1-39(60)32-40-6-18-51(19-7-40)64-52-20-8-41(9-21-52)38-56(61)65-53-24-10-44(11-25-53)58(30-4-3-5-31-58)45-12-26-54(27-13-45)66-57(62)67-55-28-16-47(17-29-55)59(46-14-22-50(63-2)23-15-46)48-34-42-33-43(36-48)37-49(59)35-42/h6-29,42-43,48-49H,3-5,30-38H2,1-2H3. The number of esters is 1. The maximum absolute atomic E-state index is 13.2. The summed E-state index contributed by atoms with van der Waals surface area (Å²) in [7, 11) is 1.72. The van der Waals surface area contributed by atoms with Crippen molar-refractivity contribution in [3.05, 3.63) is 179 Å². The molecule has 0 N–H and O–H groups in total. The van der Waals surface area contributed by atoms with E-state index in [4.69, 9.17) is 23.7 Å². The van der Waals surface area contributed by atoms with Gasteiger partial charge in [0.1, 0.15) is 40.3 Å². The molecule has 5 aliphatic carbocycles. The van der Waals surface area contributed by atoms with E-state index < -0.39 is 6.16 Å². The summed E-state index contributed by atoms with van der Waals surface area (Å²) in [6, 6.07) is 47.5. The number of ketones is 1. The molecular formula is C59H58O8. The highest BCUT2D eigenvalue weighted by Gasteiger charge is 2.58. The first kappa shape index (κ1) is 44.2. The van der Waals surface area contributed by atoms with Crippen LogP contribution >= 0.6 is 0 Å². The second kappa shape index (κ2) is 18.9. The summed E-state index contributed by atoms with van der Waals surface area (Å²) >= 11 is 0. The SMILES string of the molecule is COc1ccc(C2(c3ccc(OC(=O)Oc4ccc(C5(c6ccc(OC(=O)Cc7ccc(Oc8ccc(CC(C)=O)cc8)cc7)cc6)CCCCC5)cc4)cc3)C3CC4CC(C3)CC2C4)cc1. The molecule has 4 bridgehead atoms. The summed E-state index contributed by atoms with van der Waals surface area (Å²) in [5, 5.41) is 0. The molecule has 0 saturated heterocycles. The van der Waals surface area contributed by atoms with Crippen molar-refractivity contribution in [2.75, 3.05) is 7.11 Å². The molecule has 0 spiro atoms. The summed E-state index contributed by atoms with van der Waals surface area (Å²) in [5.74, 6) is 6.19. The zero-order chi connectivity index (χ0) is 46.0. The maximum atomic E-state index is 13.2. The van der Waals surface area contributed by atoms with Crippen LogP contribution < -0.4 is 23.7 Å². The van der Waals surface area contributed by atoms with E-state index in [2.05, 4.69) is 60.7 Å². The van der Waals surface area contributed by atoms with E-state index in [1.165, 1.54) is 49.7 Å². The van der Waals surface area contributed by atoms with E-state index in [1.54, 1.807) is 14.0 Å².